The highest BCUT2D eigenvalue weighted by Gasteiger charge is 2.50. The number of fused-ring (bicyclic) bond motifs is 2. The van der Waals surface area contributed by atoms with Crippen LogP contribution < -0.4 is 0 Å². The van der Waals surface area contributed by atoms with Crippen molar-refractivity contribution in [1.29, 1.82) is 0 Å². The van der Waals surface area contributed by atoms with Gasteiger partial charge in [0.2, 0.25) is 0 Å². The molecule has 2 N–H and O–H groups in total. The van der Waals surface area contributed by atoms with Crippen molar-refractivity contribution in [2.45, 2.75) is 19.1 Å². The lowest BCUT2D eigenvalue weighted by molar-refractivity contribution is -0.142. The molecule has 2 aliphatic heterocycles. The number of benzene rings is 1. The van der Waals surface area contributed by atoms with Gasteiger partial charge in [0.1, 0.15) is 0 Å². The Balaban J connectivity index is 1.72. The van der Waals surface area contributed by atoms with Crippen LogP contribution in [-0.2, 0) is 6.54 Å². The van der Waals surface area contributed by atoms with Crippen LogP contribution >= 0.6 is 0 Å². The first kappa shape index (κ1) is 14.4. The van der Waals surface area contributed by atoms with Crippen LogP contribution in [-0.4, -0.2) is 57.9 Å². The minimum atomic E-state index is -0.878. The van der Waals surface area contributed by atoms with Crippen molar-refractivity contribution < 1.29 is 15.0 Å². The molecule has 2 bridgehead atoms. The van der Waals surface area contributed by atoms with Crippen molar-refractivity contribution in [2.24, 2.45) is 11.8 Å². The molecular weight excluding hydrogens is 268 g/mol. The second kappa shape index (κ2) is 5.31. The summed E-state index contributed by atoms with van der Waals surface area (Å²) >= 11 is 0. The first-order valence-corrected chi connectivity index (χ1v) is 7.43. The fraction of sp³-hybridized carbons (Fsp3) is 0.562. The average molecular weight is 290 g/mol. The number of nitrogens with zero attached hydrogens (tertiary/aromatic N) is 2. The molecule has 5 heteroatoms. The van der Waals surface area contributed by atoms with Crippen LogP contribution in [0.1, 0.15) is 12.5 Å². The molecule has 2 atom stereocenters. The average Bonchev–Trinajstić information content (AvgIpc) is 2.40. The maximum absolute atomic E-state index is 11.2. The predicted molar refractivity (Wildman–Crippen MR) is 78.9 cm³/mol. The van der Waals surface area contributed by atoms with Gasteiger partial charge in [0.05, 0.1) is 5.60 Å². The molecule has 2 unspecified atom stereocenters. The van der Waals surface area contributed by atoms with Gasteiger partial charge in [-0.2, -0.15) is 0 Å². The van der Waals surface area contributed by atoms with E-state index in [9.17, 15) is 15.0 Å². The molecule has 0 aliphatic carbocycles. The number of carbonyl (C=O) groups is 1. The van der Waals surface area contributed by atoms with Gasteiger partial charge in [-0.05, 0) is 12.5 Å². The van der Waals surface area contributed by atoms with Crippen molar-refractivity contribution in [2.75, 3.05) is 26.2 Å². The third-order valence-electron chi connectivity index (χ3n) is 5.01. The Morgan fingerprint density at radius 3 is 2.29 bits per heavy atom. The summed E-state index contributed by atoms with van der Waals surface area (Å²) in [5.41, 5.74) is 0.492. The fourth-order valence-electron chi connectivity index (χ4n) is 3.62. The van der Waals surface area contributed by atoms with Crippen molar-refractivity contribution >= 4 is 6.09 Å². The maximum Gasteiger partial charge on any atom is 0.407 e. The van der Waals surface area contributed by atoms with Gasteiger partial charge in [-0.3, -0.25) is 4.90 Å². The molecule has 2 heterocycles. The van der Waals surface area contributed by atoms with Gasteiger partial charge in [-0.25, -0.2) is 4.79 Å². The third-order valence-corrected chi connectivity index (χ3v) is 5.01. The van der Waals surface area contributed by atoms with E-state index in [0.717, 1.165) is 19.6 Å². The molecule has 2 aliphatic rings. The number of carboxylic acid groups (broad SMARTS) is 1. The van der Waals surface area contributed by atoms with E-state index in [4.69, 9.17) is 0 Å². The molecule has 1 aromatic carbocycles. The van der Waals surface area contributed by atoms with E-state index in [-0.39, 0.29) is 11.8 Å². The molecule has 1 amide bonds. The van der Waals surface area contributed by atoms with Gasteiger partial charge in [-0.15, -0.1) is 0 Å². The first-order valence-electron chi connectivity index (χ1n) is 7.43. The summed E-state index contributed by atoms with van der Waals surface area (Å²) in [5, 5.41) is 19.9. The Morgan fingerprint density at radius 2 is 1.76 bits per heavy atom. The summed E-state index contributed by atoms with van der Waals surface area (Å²) in [7, 11) is 0. The Morgan fingerprint density at radius 1 is 1.19 bits per heavy atom. The van der Waals surface area contributed by atoms with Gasteiger partial charge in [0.25, 0.3) is 0 Å². The van der Waals surface area contributed by atoms with Crippen molar-refractivity contribution in [3.8, 4) is 0 Å². The monoisotopic (exact) mass is 290 g/mol. The molecule has 114 valence electrons. The summed E-state index contributed by atoms with van der Waals surface area (Å²) in [4.78, 5) is 15.0. The first-order chi connectivity index (χ1) is 9.96. The van der Waals surface area contributed by atoms with E-state index in [1.54, 1.807) is 0 Å². The SMILES string of the molecule is CC1(O)C2CN(Cc3ccccc3)CC1CN(C(=O)O)C2. The zero-order chi connectivity index (χ0) is 15.0. The molecule has 0 radical (unpaired) electrons. The van der Waals surface area contributed by atoms with Crippen LogP contribution in [0.4, 0.5) is 4.79 Å². The van der Waals surface area contributed by atoms with Crippen LogP contribution in [0.2, 0.25) is 0 Å². The molecule has 2 fully saturated rings. The molecule has 0 saturated carbocycles. The minimum Gasteiger partial charge on any atom is -0.465 e. The van der Waals surface area contributed by atoms with Crippen molar-refractivity contribution in [3.63, 3.8) is 0 Å². The molecule has 3 rings (SSSR count). The number of rotatable bonds is 2. The summed E-state index contributed by atoms with van der Waals surface area (Å²) in [6.45, 7) is 5.04. The van der Waals surface area contributed by atoms with E-state index in [0.29, 0.717) is 13.1 Å². The molecule has 2 saturated heterocycles. The minimum absolute atomic E-state index is 0.0233. The smallest absolute Gasteiger partial charge is 0.407 e. The number of likely N-dealkylation sites (tertiary alicyclic amines) is 2. The number of hydrogen-bond donors (Lipinski definition) is 2. The van der Waals surface area contributed by atoms with Crippen LogP contribution in [0.15, 0.2) is 30.3 Å². The maximum atomic E-state index is 11.2. The summed E-state index contributed by atoms with van der Waals surface area (Å²) in [5.74, 6) is -0.0466. The Hall–Kier alpha value is -1.59. The fourth-order valence-corrected chi connectivity index (χ4v) is 3.62. The zero-order valence-corrected chi connectivity index (χ0v) is 12.3. The molecule has 1 aromatic rings. The van der Waals surface area contributed by atoms with Gasteiger partial charge in [0.15, 0.2) is 0 Å². The second-order valence-electron chi connectivity index (χ2n) is 6.49. The van der Waals surface area contributed by atoms with E-state index in [2.05, 4.69) is 17.0 Å². The lowest BCUT2D eigenvalue weighted by atomic mass is 9.71. The van der Waals surface area contributed by atoms with E-state index in [1.165, 1.54) is 10.5 Å². The standard InChI is InChI=1S/C16H22N2O3/c1-16(21)13-8-17(7-12-5-3-2-4-6-12)9-14(16)11-18(10-13)15(19)20/h2-6,13-14,21H,7-11H2,1H3,(H,19,20). The number of aliphatic hydroxyl groups is 1. The van der Waals surface area contributed by atoms with Crippen LogP contribution in [0.5, 0.6) is 0 Å². The molecular formula is C16H22N2O3. The molecule has 0 spiro atoms. The molecule has 0 aromatic heterocycles. The summed E-state index contributed by atoms with van der Waals surface area (Å²) < 4.78 is 0. The number of piperidine rings is 2. The lowest BCUT2D eigenvalue weighted by Gasteiger charge is -2.53. The second-order valence-corrected chi connectivity index (χ2v) is 6.49. The largest absolute Gasteiger partial charge is 0.465 e. The number of hydrogen-bond acceptors (Lipinski definition) is 3. The van der Waals surface area contributed by atoms with E-state index >= 15 is 0 Å². The van der Waals surface area contributed by atoms with Crippen LogP contribution in [0, 0.1) is 11.8 Å². The Bertz CT molecular complexity index is 500. The Labute approximate surface area is 124 Å². The van der Waals surface area contributed by atoms with Gasteiger partial charge in [0, 0.05) is 44.6 Å². The quantitative estimate of drug-likeness (QED) is 0.866. The Kier molecular flexibility index (Phi) is 3.63. The third kappa shape index (κ3) is 2.76. The van der Waals surface area contributed by atoms with Crippen LogP contribution in [0.25, 0.3) is 0 Å². The van der Waals surface area contributed by atoms with Crippen molar-refractivity contribution in [1.82, 2.24) is 9.80 Å². The highest BCUT2D eigenvalue weighted by atomic mass is 16.4. The van der Waals surface area contributed by atoms with Crippen molar-refractivity contribution in [3.05, 3.63) is 35.9 Å². The number of amides is 1. The van der Waals surface area contributed by atoms with E-state index in [1.807, 2.05) is 25.1 Å². The highest BCUT2D eigenvalue weighted by molar-refractivity contribution is 5.65. The summed E-state index contributed by atoms with van der Waals surface area (Å²) in [6, 6.07) is 10.3. The topological polar surface area (TPSA) is 64.0 Å². The predicted octanol–water partition coefficient (Wildman–Crippen LogP) is 1.48. The lowest BCUT2D eigenvalue weighted by Crippen LogP contribution is -2.66. The normalized spacial score (nSPS) is 33.0. The van der Waals surface area contributed by atoms with Gasteiger partial charge < -0.3 is 15.1 Å². The van der Waals surface area contributed by atoms with Gasteiger partial charge >= 0.3 is 6.09 Å². The van der Waals surface area contributed by atoms with Crippen LogP contribution in [0.3, 0.4) is 0 Å². The van der Waals surface area contributed by atoms with E-state index < -0.39 is 11.7 Å². The summed E-state index contributed by atoms with van der Waals surface area (Å²) in [6.07, 6.45) is -0.878. The zero-order valence-electron chi connectivity index (χ0n) is 12.3. The van der Waals surface area contributed by atoms with Gasteiger partial charge in [-0.1, -0.05) is 30.3 Å². The highest BCUT2D eigenvalue weighted by Crippen LogP contribution is 2.38. The molecule has 5 nitrogen and oxygen atoms in total. The molecule has 21 heavy (non-hydrogen) atoms.